The summed E-state index contributed by atoms with van der Waals surface area (Å²) in [4.78, 5) is 12.1. The van der Waals surface area contributed by atoms with Crippen molar-refractivity contribution in [1.29, 1.82) is 0 Å². The molecular formula is C16H13Cl2F2NO3. The molecule has 0 heterocycles. The van der Waals surface area contributed by atoms with E-state index >= 15 is 0 Å². The number of hydrogen-bond donors (Lipinski definition) is 1. The third-order valence-corrected chi connectivity index (χ3v) is 3.46. The highest BCUT2D eigenvalue weighted by molar-refractivity contribution is 6.32. The van der Waals surface area contributed by atoms with Gasteiger partial charge in [-0.05, 0) is 49.4 Å². The average molecular weight is 376 g/mol. The fourth-order valence-corrected chi connectivity index (χ4v) is 2.14. The van der Waals surface area contributed by atoms with E-state index in [9.17, 15) is 13.6 Å². The van der Waals surface area contributed by atoms with Crippen molar-refractivity contribution in [2.75, 3.05) is 5.32 Å². The molecule has 0 spiro atoms. The van der Waals surface area contributed by atoms with Crippen LogP contribution in [-0.4, -0.2) is 18.6 Å². The van der Waals surface area contributed by atoms with Crippen molar-refractivity contribution in [3.8, 4) is 11.5 Å². The van der Waals surface area contributed by atoms with Crippen molar-refractivity contribution in [2.24, 2.45) is 0 Å². The van der Waals surface area contributed by atoms with E-state index < -0.39 is 18.6 Å². The van der Waals surface area contributed by atoms with Gasteiger partial charge in [-0.2, -0.15) is 8.78 Å². The Hall–Kier alpha value is -2.05. The minimum absolute atomic E-state index is 0.0422. The summed E-state index contributed by atoms with van der Waals surface area (Å²) >= 11 is 11.6. The predicted molar refractivity (Wildman–Crippen MR) is 88.3 cm³/mol. The Morgan fingerprint density at radius 3 is 2.33 bits per heavy atom. The SMILES string of the molecule is C[C@@H](Oc1ccc(Cl)cc1)C(=O)Nc1ccc(OC(F)F)c(Cl)c1. The van der Waals surface area contributed by atoms with Crippen LogP contribution in [0.5, 0.6) is 11.5 Å². The fraction of sp³-hybridized carbons (Fsp3) is 0.188. The lowest BCUT2D eigenvalue weighted by Gasteiger charge is -2.15. The maximum Gasteiger partial charge on any atom is 0.387 e. The number of halogens is 4. The summed E-state index contributed by atoms with van der Waals surface area (Å²) in [7, 11) is 0. The third-order valence-electron chi connectivity index (χ3n) is 2.91. The van der Waals surface area contributed by atoms with Gasteiger partial charge in [-0.15, -0.1) is 0 Å². The van der Waals surface area contributed by atoms with Crippen LogP contribution in [0.2, 0.25) is 10.0 Å². The van der Waals surface area contributed by atoms with Gasteiger partial charge in [0.1, 0.15) is 11.5 Å². The molecule has 1 amide bonds. The Morgan fingerprint density at radius 1 is 1.08 bits per heavy atom. The van der Waals surface area contributed by atoms with Gasteiger partial charge in [0.2, 0.25) is 0 Å². The third kappa shape index (κ3) is 5.25. The quantitative estimate of drug-likeness (QED) is 0.772. The fourth-order valence-electron chi connectivity index (χ4n) is 1.78. The zero-order valence-electron chi connectivity index (χ0n) is 12.4. The van der Waals surface area contributed by atoms with E-state index in [0.717, 1.165) is 0 Å². The van der Waals surface area contributed by atoms with Gasteiger partial charge in [0.15, 0.2) is 6.10 Å². The highest BCUT2D eigenvalue weighted by Gasteiger charge is 2.16. The van der Waals surface area contributed by atoms with E-state index in [4.69, 9.17) is 27.9 Å². The molecule has 2 rings (SSSR count). The zero-order valence-corrected chi connectivity index (χ0v) is 13.9. The molecule has 0 aliphatic carbocycles. The van der Waals surface area contributed by atoms with Crippen molar-refractivity contribution in [3.05, 3.63) is 52.5 Å². The molecule has 2 aromatic rings. The molecule has 0 aliphatic rings. The molecule has 1 N–H and O–H groups in total. The molecule has 8 heteroatoms. The molecule has 0 saturated heterocycles. The van der Waals surface area contributed by atoms with Crippen LogP contribution >= 0.6 is 23.2 Å². The average Bonchev–Trinajstić information content (AvgIpc) is 2.52. The summed E-state index contributed by atoms with van der Waals surface area (Å²) in [6.07, 6.45) is -0.790. The van der Waals surface area contributed by atoms with Crippen molar-refractivity contribution in [2.45, 2.75) is 19.6 Å². The smallest absolute Gasteiger partial charge is 0.387 e. The number of amides is 1. The topological polar surface area (TPSA) is 47.6 Å². The minimum atomic E-state index is -2.98. The first kappa shape index (κ1) is 18.3. The van der Waals surface area contributed by atoms with Crippen LogP contribution in [0.4, 0.5) is 14.5 Å². The number of hydrogen-bond acceptors (Lipinski definition) is 3. The van der Waals surface area contributed by atoms with Crippen molar-refractivity contribution < 1.29 is 23.0 Å². The van der Waals surface area contributed by atoms with Gasteiger partial charge in [-0.3, -0.25) is 4.79 Å². The summed E-state index contributed by atoms with van der Waals surface area (Å²) in [6.45, 7) is -1.41. The van der Waals surface area contributed by atoms with E-state index in [0.29, 0.717) is 16.5 Å². The molecular weight excluding hydrogens is 363 g/mol. The Kier molecular flexibility index (Phi) is 6.23. The van der Waals surface area contributed by atoms with Crippen LogP contribution < -0.4 is 14.8 Å². The first-order valence-corrected chi connectivity index (χ1v) is 7.58. The van der Waals surface area contributed by atoms with Gasteiger partial charge in [-0.25, -0.2) is 0 Å². The largest absolute Gasteiger partial charge is 0.481 e. The Morgan fingerprint density at radius 2 is 1.75 bits per heavy atom. The number of rotatable bonds is 6. The Balaban J connectivity index is 1.98. The molecule has 0 aromatic heterocycles. The molecule has 0 bridgehead atoms. The molecule has 0 fully saturated rings. The number of carbonyl (C=O) groups excluding carboxylic acids is 1. The van der Waals surface area contributed by atoms with Gasteiger partial charge >= 0.3 is 6.61 Å². The van der Waals surface area contributed by atoms with E-state index in [1.807, 2.05) is 0 Å². The lowest BCUT2D eigenvalue weighted by atomic mass is 10.2. The van der Waals surface area contributed by atoms with E-state index in [-0.39, 0.29) is 10.8 Å². The second-order valence-corrected chi connectivity index (χ2v) is 5.57. The van der Waals surface area contributed by atoms with Crippen LogP contribution in [0.1, 0.15) is 6.92 Å². The van der Waals surface area contributed by atoms with Crippen LogP contribution in [-0.2, 0) is 4.79 Å². The molecule has 4 nitrogen and oxygen atoms in total. The maximum absolute atomic E-state index is 12.2. The maximum atomic E-state index is 12.2. The van der Waals surface area contributed by atoms with Crippen LogP contribution in [0.25, 0.3) is 0 Å². The summed E-state index contributed by atoms with van der Waals surface area (Å²) < 4.78 is 34.1. The Bertz CT molecular complexity index is 711. The minimum Gasteiger partial charge on any atom is -0.481 e. The van der Waals surface area contributed by atoms with Crippen LogP contribution in [0.3, 0.4) is 0 Å². The highest BCUT2D eigenvalue weighted by atomic mass is 35.5. The second kappa shape index (κ2) is 8.17. The molecule has 0 unspecified atom stereocenters. The molecule has 0 saturated carbocycles. The predicted octanol–water partition coefficient (Wildman–Crippen LogP) is 5.00. The van der Waals surface area contributed by atoms with Gasteiger partial charge in [0.05, 0.1) is 5.02 Å². The highest BCUT2D eigenvalue weighted by Crippen LogP contribution is 2.29. The van der Waals surface area contributed by atoms with Crippen LogP contribution in [0, 0.1) is 0 Å². The lowest BCUT2D eigenvalue weighted by Crippen LogP contribution is -2.30. The van der Waals surface area contributed by atoms with E-state index in [1.54, 1.807) is 31.2 Å². The lowest BCUT2D eigenvalue weighted by molar-refractivity contribution is -0.122. The van der Waals surface area contributed by atoms with E-state index in [2.05, 4.69) is 10.1 Å². The molecule has 0 aliphatic heterocycles. The monoisotopic (exact) mass is 375 g/mol. The number of ether oxygens (including phenoxy) is 2. The van der Waals surface area contributed by atoms with E-state index in [1.165, 1.54) is 18.2 Å². The van der Waals surface area contributed by atoms with Crippen molar-refractivity contribution >= 4 is 34.8 Å². The van der Waals surface area contributed by atoms with Gasteiger partial charge in [0.25, 0.3) is 5.91 Å². The number of anilines is 1. The molecule has 128 valence electrons. The standard InChI is InChI=1S/C16H13Cl2F2NO3/c1-9(23-12-5-2-10(17)3-6-12)15(22)21-11-4-7-14(13(18)8-11)24-16(19)20/h2-9,16H,1H3,(H,21,22)/t9-/m1/s1. The Labute approximate surface area is 147 Å². The zero-order chi connectivity index (χ0) is 17.7. The summed E-state index contributed by atoms with van der Waals surface area (Å²) in [5, 5.41) is 3.09. The first-order valence-electron chi connectivity index (χ1n) is 6.82. The van der Waals surface area contributed by atoms with Crippen molar-refractivity contribution in [3.63, 3.8) is 0 Å². The normalized spacial score (nSPS) is 11.9. The number of alkyl halides is 2. The molecule has 0 radical (unpaired) electrons. The first-order chi connectivity index (χ1) is 11.3. The molecule has 24 heavy (non-hydrogen) atoms. The second-order valence-electron chi connectivity index (χ2n) is 4.73. The summed E-state index contributed by atoms with van der Waals surface area (Å²) in [6, 6.07) is 10.5. The number of nitrogens with one attached hydrogen (secondary N) is 1. The number of carbonyl (C=O) groups is 1. The van der Waals surface area contributed by atoms with Gasteiger partial charge in [0, 0.05) is 10.7 Å². The molecule has 1 atom stereocenters. The molecule has 2 aromatic carbocycles. The number of benzene rings is 2. The summed E-state index contributed by atoms with van der Waals surface area (Å²) in [5.41, 5.74) is 0.332. The van der Waals surface area contributed by atoms with Gasteiger partial charge < -0.3 is 14.8 Å². The van der Waals surface area contributed by atoms with Gasteiger partial charge in [-0.1, -0.05) is 23.2 Å². The van der Waals surface area contributed by atoms with Crippen LogP contribution in [0.15, 0.2) is 42.5 Å². The van der Waals surface area contributed by atoms with Crippen molar-refractivity contribution in [1.82, 2.24) is 0 Å². The summed E-state index contributed by atoms with van der Waals surface area (Å²) in [5.74, 6) is -0.112.